The second kappa shape index (κ2) is 5.87. The molecule has 0 saturated heterocycles. The molecule has 0 aliphatic carbocycles. The molecule has 0 bridgehead atoms. The number of thioether (sulfide) groups is 1. The van der Waals surface area contributed by atoms with Crippen LogP contribution in [-0.2, 0) is 16.0 Å². The summed E-state index contributed by atoms with van der Waals surface area (Å²) < 4.78 is 0. The molecule has 0 aromatic heterocycles. The first-order valence-corrected chi connectivity index (χ1v) is 7.67. The Morgan fingerprint density at radius 1 is 1.40 bits per heavy atom. The number of hydrogen-bond acceptors (Lipinski definition) is 3. The molecule has 0 fully saturated rings. The number of aliphatic carboxylic acids is 1. The lowest BCUT2D eigenvalue weighted by Crippen LogP contribution is -2.40. The number of carbonyl (C=O) groups is 2. The molecule has 1 aliphatic heterocycles. The SMILES string of the molecule is CC(C)(CNC(=O)C1SCCc2ccccc21)C(=O)O. The number of aryl methyl sites for hydroxylation is 1. The van der Waals surface area contributed by atoms with Gasteiger partial charge in [0.1, 0.15) is 5.25 Å². The summed E-state index contributed by atoms with van der Waals surface area (Å²) in [7, 11) is 0. The predicted octanol–water partition coefficient (Wildman–Crippen LogP) is 2.24. The average molecular weight is 293 g/mol. The summed E-state index contributed by atoms with van der Waals surface area (Å²) in [5, 5.41) is 11.6. The van der Waals surface area contributed by atoms with Crippen molar-refractivity contribution in [3.05, 3.63) is 35.4 Å². The molecule has 1 aliphatic rings. The van der Waals surface area contributed by atoms with Gasteiger partial charge in [0.25, 0.3) is 0 Å². The van der Waals surface area contributed by atoms with Crippen molar-refractivity contribution in [3.63, 3.8) is 0 Å². The maximum absolute atomic E-state index is 12.3. The number of fused-ring (bicyclic) bond motifs is 1. The zero-order valence-electron chi connectivity index (χ0n) is 11.7. The lowest BCUT2D eigenvalue weighted by atomic mass is 9.93. The van der Waals surface area contributed by atoms with Crippen LogP contribution in [0, 0.1) is 5.41 Å². The normalized spacial score (nSPS) is 18.2. The summed E-state index contributed by atoms with van der Waals surface area (Å²) in [6.07, 6.45) is 0.977. The highest BCUT2D eigenvalue weighted by Gasteiger charge is 2.31. The molecule has 1 heterocycles. The van der Waals surface area contributed by atoms with Crippen LogP contribution < -0.4 is 5.32 Å². The predicted molar refractivity (Wildman–Crippen MR) is 79.8 cm³/mol. The number of benzene rings is 1. The van der Waals surface area contributed by atoms with Gasteiger partial charge in [-0.05, 0) is 37.1 Å². The van der Waals surface area contributed by atoms with Gasteiger partial charge >= 0.3 is 5.97 Å². The van der Waals surface area contributed by atoms with Crippen molar-refractivity contribution in [3.8, 4) is 0 Å². The topological polar surface area (TPSA) is 66.4 Å². The molecule has 2 rings (SSSR count). The van der Waals surface area contributed by atoms with Gasteiger partial charge in [-0.3, -0.25) is 9.59 Å². The van der Waals surface area contributed by atoms with Crippen molar-refractivity contribution in [1.82, 2.24) is 5.32 Å². The van der Waals surface area contributed by atoms with E-state index in [1.165, 1.54) is 5.56 Å². The minimum Gasteiger partial charge on any atom is -0.481 e. The maximum Gasteiger partial charge on any atom is 0.310 e. The van der Waals surface area contributed by atoms with E-state index in [1.807, 2.05) is 18.2 Å². The molecule has 0 radical (unpaired) electrons. The van der Waals surface area contributed by atoms with Crippen molar-refractivity contribution >= 4 is 23.6 Å². The summed E-state index contributed by atoms with van der Waals surface area (Å²) in [6, 6.07) is 7.95. The van der Waals surface area contributed by atoms with Crippen LogP contribution in [0.4, 0.5) is 0 Å². The monoisotopic (exact) mass is 293 g/mol. The summed E-state index contributed by atoms with van der Waals surface area (Å²) in [5.41, 5.74) is 1.31. The van der Waals surface area contributed by atoms with Crippen LogP contribution >= 0.6 is 11.8 Å². The molecule has 1 unspecified atom stereocenters. The highest BCUT2D eigenvalue weighted by Crippen LogP contribution is 2.36. The molecule has 108 valence electrons. The second-order valence-electron chi connectivity index (χ2n) is 5.61. The Balaban J connectivity index is 2.06. The fourth-order valence-corrected chi connectivity index (χ4v) is 3.31. The maximum atomic E-state index is 12.3. The zero-order chi connectivity index (χ0) is 14.8. The van der Waals surface area contributed by atoms with Crippen LogP contribution in [0.1, 0.15) is 30.2 Å². The van der Waals surface area contributed by atoms with Crippen LogP contribution in [0.2, 0.25) is 0 Å². The van der Waals surface area contributed by atoms with Gasteiger partial charge in [-0.1, -0.05) is 24.3 Å². The standard InChI is InChI=1S/C15H19NO3S/c1-15(2,14(18)19)9-16-13(17)12-11-6-4-3-5-10(11)7-8-20-12/h3-6,12H,7-9H2,1-2H3,(H,16,17)(H,18,19). The van der Waals surface area contributed by atoms with Gasteiger partial charge in [0.15, 0.2) is 0 Å². The number of carboxylic acids is 1. The van der Waals surface area contributed by atoms with Crippen molar-refractivity contribution < 1.29 is 14.7 Å². The fraction of sp³-hybridized carbons (Fsp3) is 0.467. The van der Waals surface area contributed by atoms with Crippen molar-refractivity contribution in [2.75, 3.05) is 12.3 Å². The summed E-state index contributed by atoms with van der Waals surface area (Å²) in [5.74, 6) is -0.0942. The molecule has 1 aromatic rings. The van der Waals surface area contributed by atoms with E-state index in [0.29, 0.717) is 0 Å². The quantitative estimate of drug-likeness (QED) is 0.893. The Kier molecular flexibility index (Phi) is 4.38. The smallest absolute Gasteiger partial charge is 0.310 e. The number of carboxylic acid groups (broad SMARTS) is 1. The summed E-state index contributed by atoms with van der Waals surface area (Å²) in [4.78, 5) is 23.4. The summed E-state index contributed by atoms with van der Waals surface area (Å²) in [6.45, 7) is 3.36. The third-order valence-corrected chi connectivity index (χ3v) is 4.76. The van der Waals surface area contributed by atoms with Crippen LogP contribution in [0.25, 0.3) is 0 Å². The molecular weight excluding hydrogens is 274 g/mol. The van der Waals surface area contributed by atoms with E-state index in [4.69, 9.17) is 5.11 Å². The van der Waals surface area contributed by atoms with E-state index in [0.717, 1.165) is 17.7 Å². The fourth-order valence-electron chi connectivity index (χ4n) is 2.09. The number of nitrogens with one attached hydrogen (secondary N) is 1. The molecule has 2 N–H and O–H groups in total. The van der Waals surface area contributed by atoms with E-state index in [-0.39, 0.29) is 17.7 Å². The van der Waals surface area contributed by atoms with E-state index in [2.05, 4.69) is 11.4 Å². The van der Waals surface area contributed by atoms with Crippen LogP contribution in [0.3, 0.4) is 0 Å². The molecule has 20 heavy (non-hydrogen) atoms. The molecule has 0 saturated carbocycles. The van der Waals surface area contributed by atoms with E-state index >= 15 is 0 Å². The van der Waals surface area contributed by atoms with E-state index in [1.54, 1.807) is 25.6 Å². The molecule has 4 nitrogen and oxygen atoms in total. The third kappa shape index (κ3) is 3.15. The molecule has 1 atom stereocenters. The van der Waals surface area contributed by atoms with Crippen molar-refractivity contribution in [1.29, 1.82) is 0 Å². The summed E-state index contributed by atoms with van der Waals surface area (Å²) >= 11 is 1.61. The minimum absolute atomic E-state index is 0.100. The molecule has 1 aromatic carbocycles. The first-order valence-electron chi connectivity index (χ1n) is 6.62. The van der Waals surface area contributed by atoms with E-state index < -0.39 is 11.4 Å². The Labute approximate surface area is 123 Å². The number of hydrogen-bond donors (Lipinski definition) is 2. The van der Waals surface area contributed by atoms with Gasteiger partial charge in [0.05, 0.1) is 5.41 Å². The van der Waals surface area contributed by atoms with Crippen molar-refractivity contribution in [2.45, 2.75) is 25.5 Å². The highest BCUT2D eigenvalue weighted by atomic mass is 32.2. The van der Waals surface area contributed by atoms with Crippen LogP contribution in [0.15, 0.2) is 24.3 Å². The van der Waals surface area contributed by atoms with Gasteiger partial charge in [0, 0.05) is 6.54 Å². The number of carbonyl (C=O) groups excluding carboxylic acids is 1. The van der Waals surface area contributed by atoms with Crippen LogP contribution in [0.5, 0.6) is 0 Å². The van der Waals surface area contributed by atoms with Gasteiger partial charge in [-0.15, -0.1) is 11.8 Å². The number of rotatable bonds is 4. The van der Waals surface area contributed by atoms with Crippen molar-refractivity contribution in [2.24, 2.45) is 5.41 Å². The van der Waals surface area contributed by atoms with Gasteiger partial charge in [-0.25, -0.2) is 0 Å². The highest BCUT2D eigenvalue weighted by molar-refractivity contribution is 8.00. The molecular formula is C15H19NO3S. The zero-order valence-corrected chi connectivity index (χ0v) is 12.5. The first kappa shape index (κ1) is 14.9. The Morgan fingerprint density at radius 3 is 2.80 bits per heavy atom. The Morgan fingerprint density at radius 2 is 2.10 bits per heavy atom. The Bertz CT molecular complexity index is 528. The average Bonchev–Trinajstić information content (AvgIpc) is 2.44. The first-order chi connectivity index (χ1) is 9.42. The number of amides is 1. The molecule has 0 spiro atoms. The largest absolute Gasteiger partial charge is 0.481 e. The third-order valence-electron chi connectivity index (χ3n) is 3.52. The lowest BCUT2D eigenvalue weighted by Gasteiger charge is -2.26. The molecule has 5 heteroatoms. The minimum atomic E-state index is -0.950. The lowest BCUT2D eigenvalue weighted by molar-refractivity contribution is -0.146. The van der Waals surface area contributed by atoms with Gasteiger partial charge < -0.3 is 10.4 Å². The Hall–Kier alpha value is -1.49. The van der Waals surface area contributed by atoms with Gasteiger partial charge in [-0.2, -0.15) is 0 Å². The van der Waals surface area contributed by atoms with Gasteiger partial charge in [0.2, 0.25) is 5.91 Å². The second-order valence-corrected chi connectivity index (χ2v) is 6.82. The van der Waals surface area contributed by atoms with E-state index in [9.17, 15) is 9.59 Å². The molecule has 1 amide bonds. The van der Waals surface area contributed by atoms with Crippen LogP contribution in [-0.4, -0.2) is 29.3 Å².